The summed E-state index contributed by atoms with van der Waals surface area (Å²) in [5.41, 5.74) is 5.93. The zero-order chi connectivity index (χ0) is 31.6. The van der Waals surface area contributed by atoms with Gasteiger partial charge in [0, 0.05) is 12.2 Å². The molecule has 3 nitrogen and oxygen atoms in total. The number of allylic oxidation sites excluding steroid dienone is 1. The fourth-order valence-electron chi connectivity index (χ4n) is 4.35. The predicted molar refractivity (Wildman–Crippen MR) is 188 cm³/mol. The fourth-order valence-corrected chi connectivity index (χ4v) is 4.35. The number of nitrogens with zero attached hydrogens (tertiary/aromatic N) is 1. The van der Waals surface area contributed by atoms with Crippen LogP contribution in [0.4, 0.5) is 0 Å². The molecule has 0 N–H and O–H groups in total. The molecule has 0 unspecified atom stereocenters. The van der Waals surface area contributed by atoms with Crippen molar-refractivity contribution in [2.45, 2.75) is 20.4 Å². The molecule has 1 aliphatic rings. The molecule has 3 heteroatoms. The van der Waals surface area contributed by atoms with E-state index in [0.29, 0.717) is 6.54 Å². The van der Waals surface area contributed by atoms with Crippen molar-refractivity contribution in [2.24, 2.45) is 0 Å². The van der Waals surface area contributed by atoms with Gasteiger partial charge in [-0.2, -0.15) is 0 Å². The van der Waals surface area contributed by atoms with Gasteiger partial charge in [-0.25, -0.2) is 0 Å². The largest absolute Gasteiger partial charge is 0.271 e. The van der Waals surface area contributed by atoms with Crippen LogP contribution in [0.5, 0.6) is 0 Å². The lowest BCUT2D eigenvalue weighted by molar-refractivity contribution is -0.137. The van der Waals surface area contributed by atoms with E-state index in [1.54, 1.807) is 0 Å². The van der Waals surface area contributed by atoms with Crippen molar-refractivity contribution in [2.75, 3.05) is 0 Å². The number of carbonyl (C=O) groups excluding carboxylic acids is 2. The number of rotatable bonds is 5. The molecule has 0 fully saturated rings. The molecular weight excluding hydrogens is 538 g/mol. The molecule has 44 heavy (non-hydrogen) atoms. The van der Waals surface area contributed by atoms with Crippen molar-refractivity contribution < 1.29 is 9.59 Å². The van der Waals surface area contributed by atoms with Gasteiger partial charge in [0.25, 0.3) is 11.8 Å². The van der Waals surface area contributed by atoms with Gasteiger partial charge in [-0.15, -0.1) is 0 Å². The van der Waals surface area contributed by atoms with Crippen LogP contribution in [0.3, 0.4) is 0 Å². The number of fused-ring (bicyclic) bond motifs is 1. The molecular formula is C41H39NO2. The van der Waals surface area contributed by atoms with Gasteiger partial charge in [-0.05, 0) is 52.4 Å². The normalized spacial score (nSPS) is 11.5. The van der Waals surface area contributed by atoms with Crippen LogP contribution in [0.15, 0.2) is 159 Å². The van der Waals surface area contributed by atoms with E-state index < -0.39 is 0 Å². The third kappa shape index (κ3) is 10.4. The first-order valence-electron chi connectivity index (χ1n) is 14.5. The molecule has 5 aromatic rings. The lowest BCUT2D eigenvalue weighted by atomic mass is 10.1. The van der Waals surface area contributed by atoms with Gasteiger partial charge in [0.15, 0.2) is 0 Å². The second-order valence-corrected chi connectivity index (χ2v) is 9.83. The van der Waals surface area contributed by atoms with E-state index >= 15 is 0 Å². The molecule has 0 atom stereocenters. The van der Waals surface area contributed by atoms with E-state index in [4.69, 9.17) is 0 Å². The minimum Gasteiger partial charge on any atom is -0.271 e. The van der Waals surface area contributed by atoms with Crippen molar-refractivity contribution in [3.05, 3.63) is 187 Å². The Bertz CT molecular complexity index is 1690. The molecule has 0 radical (unpaired) electrons. The number of carbonyl (C=O) groups is 2. The highest BCUT2D eigenvalue weighted by Gasteiger charge is 2.22. The summed E-state index contributed by atoms with van der Waals surface area (Å²) in [6, 6.07) is 42.5. The standard InChI is InChI=1S/C12H10.C11H9NO2.2C9H10/c1-2-10-7-5-8-11-6-3-4-9-12(10)11;13-10-6-7-11(14)12(10)8-9-4-2-1-3-5-9;1-3-9-7-5-4-6-8(9)2;1-2-6-9-7-4-3-5-8-9/h2-9H,1H2;1-7H,8H2;3-7H,1H2,2H3;2-8H,1H3. The summed E-state index contributed by atoms with van der Waals surface area (Å²) >= 11 is 0. The maximum absolute atomic E-state index is 11.2. The average molecular weight is 578 g/mol. The van der Waals surface area contributed by atoms with Crippen LogP contribution in [0.2, 0.25) is 0 Å². The highest BCUT2D eigenvalue weighted by atomic mass is 16.2. The lowest BCUT2D eigenvalue weighted by Gasteiger charge is -2.13. The quantitative estimate of drug-likeness (QED) is 0.195. The molecule has 0 saturated heterocycles. The van der Waals surface area contributed by atoms with Gasteiger partial charge < -0.3 is 0 Å². The zero-order valence-corrected chi connectivity index (χ0v) is 25.5. The topological polar surface area (TPSA) is 37.4 Å². The molecule has 0 aromatic heterocycles. The number of hydrogen-bond acceptors (Lipinski definition) is 2. The lowest BCUT2D eigenvalue weighted by Crippen LogP contribution is -2.29. The summed E-state index contributed by atoms with van der Waals surface area (Å²) in [5.74, 6) is -0.474. The zero-order valence-electron chi connectivity index (χ0n) is 25.5. The van der Waals surface area contributed by atoms with Crippen LogP contribution in [-0.2, 0) is 16.1 Å². The third-order valence-electron chi connectivity index (χ3n) is 6.69. The Morgan fingerprint density at radius 3 is 1.73 bits per heavy atom. The molecule has 0 saturated carbocycles. The third-order valence-corrected chi connectivity index (χ3v) is 6.69. The summed E-state index contributed by atoms with van der Waals surface area (Å²) in [5, 5.41) is 2.55. The molecule has 6 rings (SSSR count). The number of benzene rings is 5. The van der Waals surface area contributed by atoms with Crippen LogP contribution >= 0.6 is 0 Å². The average Bonchev–Trinajstić information content (AvgIpc) is 3.39. The highest BCUT2D eigenvalue weighted by Crippen LogP contribution is 2.18. The maximum atomic E-state index is 11.2. The molecule has 2 amide bonds. The van der Waals surface area contributed by atoms with Gasteiger partial charge in [0.1, 0.15) is 0 Å². The molecule has 1 heterocycles. The Kier molecular flexibility index (Phi) is 13.6. The van der Waals surface area contributed by atoms with Crippen LogP contribution in [-0.4, -0.2) is 16.7 Å². The maximum Gasteiger partial charge on any atom is 0.253 e. The number of aryl methyl sites for hydroxylation is 1. The number of amides is 2. The van der Waals surface area contributed by atoms with E-state index in [2.05, 4.69) is 92.9 Å². The van der Waals surface area contributed by atoms with E-state index in [1.165, 1.54) is 50.1 Å². The van der Waals surface area contributed by atoms with Crippen molar-refractivity contribution in [3.63, 3.8) is 0 Å². The predicted octanol–water partition coefficient (Wildman–Crippen LogP) is 9.95. The minimum atomic E-state index is -0.237. The summed E-state index contributed by atoms with van der Waals surface area (Å²) in [6.45, 7) is 11.9. The first-order chi connectivity index (χ1) is 21.5. The number of imide groups is 1. The smallest absolute Gasteiger partial charge is 0.253 e. The summed E-state index contributed by atoms with van der Waals surface area (Å²) in [4.78, 5) is 23.6. The van der Waals surface area contributed by atoms with Gasteiger partial charge in [-0.3, -0.25) is 14.5 Å². The van der Waals surface area contributed by atoms with E-state index in [-0.39, 0.29) is 11.8 Å². The van der Waals surface area contributed by atoms with E-state index in [9.17, 15) is 9.59 Å². The monoisotopic (exact) mass is 577 g/mol. The Labute approximate surface area is 261 Å². The second-order valence-electron chi connectivity index (χ2n) is 9.83. The Balaban J connectivity index is 0.000000163. The van der Waals surface area contributed by atoms with Crippen LogP contribution in [0, 0.1) is 6.92 Å². The fraction of sp³-hybridized carbons (Fsp3) is 0.0732. The van der Waals surface area contributed by atoms with Crippen molar-refractivity contribution >= 4 is 40.8 Å². The Morgan fingerprint density at radius 2 is 1.14 bits per heavy atom. The summed E-state index contributed by atoms with van der Waals surface area (Å²) in [6.07, 6.45) is 10.5. The van der Waals surface area contributed by atoms with Crippen molar-refractivity contribution in [1.29, 1.82) is 0 Å². The SMILES string of the molecule is C=Cc1cccc2ccccc12.C=Cc1ccccc1C.CC=Cc1ccccc1.O=C1C=CC(=O)N1Cc1ccccc1. The summed E-state index contributed by atoms with van der Waals surface area (Å²) in [7, 11) is 0. The van der Waals surface area contributed by atoms with Crippen molar-refractivity contribution in [3.8, 4) is 0 Å². The van der Waals surface area contributed by atoms with E-state index in [0.717, 1.165) is 5.56 Å². The molecule has 1 aliphatic heterocycles. The molecule has 0 spiro atoms. The second kappa shape index (κ2) is 18.1. The Morgan fingerprint density at radius 1 is 0.614 bits per heavy atom. The van der Waals surface area contributed by atoms with Crippen molar-refractivity contribution in [1.82, 2.24) is 4.90 Å². The Hall–Kier alpha value is -5.54. The van der Waals surface area contributed by atoms with Gasteiger partial charge in [0.05, 0.1) is 6.54 Å². The van der Waals surface area contributed by atoms with Crippen LogP contribution < -0.4 is 0 Å². The van der Waals surface area contributed by atoms with Crippen LogP contribution in [0.1, 0.15) is 34.7 Å². The first kappa shape index (κ1) is 33.0. The summed E-state index contributed by atoms with van der Waals surface area (Å²) < 4.78 is 0. The molecule has 0 aliphatic carbocycles. The minimum absolute atomic E-state index is 0.237. The molecule has 220 valence electrons. The van der Waals surface area contributed by atoms with Crippen LogP contribution in [0.25, 0.3) is 29.0 Å². The van der Waals surface area contributed by atoms with Gasteiger partial charge >= 0.3 is 0 Å². The molecule has 0 bridgehead atoms. The molecule has 5 aromatic carbocycles. The van der Waals surface area contributed by atoms with E-state index in [1.807, 2.05) is 85.8 Å². The highest BCUT2D eigenvalue weighted by molar-refractivity contribution is 6.12. The van der Waals surface area contributed by atoms with Gasteiger partial charge in [0.2, 0.25) is 0 Å². The van der Waals surface area contributed by atoms with Gasteiger partial charge in [-0.1, -0.05) is 165 Å². The first-order valence-corrected chi connectivity index (χ1v) is 14.5. The number of hydrogen-bond donors (Lipinski definition) is 0.